The van der Waals surface area contributed by atoms with Crippen LogP contribution in [0.2, 0.25) is 0 Å². The summed E-state index contributed by atoms with van der Waals surface area (Å²) in [6.45, 7) is 4.94. The standard InChI is InChI=1S/C5H10O5S.C4H8O3.C2H6.CH4/c1-4(5(6)9-2)10-11(3,7)8;1-3(5)4(6)7-2;1-2;/h4H,1-3H3;3,5H,1-2H3;1-2H3;1H4/t4-;3-;;/m11../s1/i;;1D;. The van der Waals surface area contributed by atoms with Gasteiger partial charge in [-0.3, -0.25) is 4.18 Å². The summed E-state index contributed by atoms with van der Waals surface area (Å²) >= 11 is 0. The zero-order chi connectivity index (χ0) is 17.6. The van der Waals surface area contributed by atoms with E-state index in [9.17, 15) is 18.0 Å². The molecule has 0 saturated carbocycles. The molecule has 0 aromatic carbocycles. The molecule has 0 bridgehead atoms. The number of rotatable bonds is 4. The van der Waals surface area contributed by atoms with Crippen LogP contribution in [0, 0.1) is 0 Å². The summed E-state index contributed by atoms with van der Waals surface area (Å²) in [5.74, 6) is -1.31. The van der Waals surface area contributed by atoms with Gasteiger partial charge in [-0.25, -0.2) is 9.59 Å². The molecule has 0 aromatic heterocycles. The quantitative estimate of drug-likeness (QED) is 0.591. The van der Waals surface area contributed by atoms with E-state index in [-0.39, 0.29) is 7.43 Å². The van der Waals surface area contributed by atoms with Crippen molar-refractivity contribution in [2.24, 2.45) is 0 Å². The first-order valence-corrected chi connectivity index (χ1v) is 7.29. The maximum absolute atomic E-state index is 10.6. The number of hydrogen-bond acceptors (Lipinski definition) is 8. The Hall–Kier alpha value is -1.19. The first-order chi connectivity index (χ1) is 9.46. The molecule has 0 spiro atoms. The number of methoxy groups -OCH3 is 2. The van der Waals surface area contributed by atoms with Gasteiger partial charge in [-0.05, 0) is 13.8 Å². The van der Waals surface area contributed by atoms with Gasteiger partial charge in [0.1, 0.15) is 6.10 Å². The SMILES string of the molecule is C.COC(=O)[C@@H](C)O.COC(=O)[C@@H](C)OS(C)(=O)=O.[2H]CC. The van der Waals surface area contributed by atoms with Gasteiger partial charge in [0.25, 0.3) is 10.1 Å². The Labute approximate surface area is 128 Å². The Balaban J connectivity index is -0.000000127. The fraction of sp³-hybridized carbons (Fsp3) is 0.833. The molecule has 8 nitrogen and oxygen atoms in total. The van der Waals surface area contributed by atoms with Crippen molar-refractivity contribution in [1.29, 1.82) is 0 Å². The lowest BCUT2D eigenvalue weighted by molar-refractivity contribution is -0.149. The van der Waals surface area contributed by atoms with Gasteiger partial charge in [-0.2, -0.15) is 8.42 Å². The summed E-state index contributed by atoms with van der Waals surface area (Å²) in [6, 6.07) is 0. The molecule has 0 aliphatic rings. The van der Waals surface area contributed by atoms with E-state index < -0.39 is 34.3 Å². The van der Waals surface area contributed by atoms with Crippen LogP contribution in [0.5, 0.6) is 0 Å². The number of hydrogen-bond donors (Lipinski definition) is 1. The van der Waals surface area contributed by atoms with Gasteiger partial charge in [0.15, 0.2) is 6.10 Å². The van der Waals surface area contributed by atoms with Crippen molar-refractivity contribution in [1.82, 2.24) is 0 Å². The summed E-state index contributed by atoms with van der Waals surface area (Å²) < 4.78 is 39.7. The second-order valence-corrected chi connectivity index (χ2v) is 4.77. The molecule has 0 amide bonds. The van der Waals surface area contributed by atoms with Crippen LogP contribution in [0.25, 0.3) is 0 Å². The molecule has 0 unspecified atom stereocenters. The first kappa shape index (κ1) is 24.8. The van der Waals surface area contributed by atoms with E-state index in [4.69, 9.17) is 6.48 Å². The smallest absolute Gasteiger partial charge is 0.336 e. The maximum Gasteiger partial charge on any atom is 0.336 e. The predicted molar refractivity (Wildman–Crippen MR) is 79.2 cm³/mol. The Kier molecular flexibility index (Phi) is 18.0. The van der Waals surface area contributed by atoms with Gasteiger partial charge in [0, 0.05) is 1.37 Å². The largest absolute Gasteiger partial charge is 0.467 e. The Bertz CT molecular complexity index is 381. The zero-order valence-electron chi connectivity index (χ0n) is 13.6. The van der Waals surface area contributed by atoms with Gasteiger partial charge >= 0.3 is 11.9 Å². The molecule has 0 heterocycles. The molecule has 0 rings (SSSR count). The van der Waals surface area contributed by atoms with Crippen LogP contribution in [-0.2, 0) is 33.4 Å². The van der Waals surface area contributed by atoms with Crippen molar-refractivity contribution < 1.29 is 38.1 Å². The molecule has 0 saturated heterocycles. The number of esters is 2. The molecule has 21 heavy (non-hydrogen) atoms. The average Bonchev–Trinajstić information content (AvgIpc) is 2.36. The Morgan fingerprint density at radius 3 is 1.62 bits per heavy atom. The van der Waals surface area contributed by atoms with E-state index in [2.05, 4.69) is 13.7 Å². The maximum atomic E-state index is 10.6. The molecule has 0 aliphatic carbocycles. The number of ether oxygens (including phenoxy) is 2. The minimum Gasteiger partial charge on any atom is -0.467 e. The van der Waals surface area contributed by atoms with Crippen molar-refractivity contribution >= 4 is 22.1 Å². The van der Waals surface area contributed by atoms with Crippen molar-refractivity contribution in [3.63, 3.8) is 0 Å². The fourth-order valence-corrected chi connectivity index (χ4v) is 1.24. The molecule has 0 aliphatic heterocycles. The summed E-state index contributed by atoms with van der Waals surface area (Å²) in [5, 5.41) is 8.35. The Morgan fingerprint density at radius 2 is 1.48 bits per heavy atom. The summed E-state index contributed by atoms with van der Waals surface area (Å²) in [4.78, 5) is 20.6. The van der Waals surface area contributed by atoms with Gasteiger partial charge in [-0.15, -0.1) is 0 Å². The van der Waals surface area contributed by atoms with Gasteiger partial charge in [-0.1, -0.05) is 21.3 Å². The van der Waals surface area contributed by atoms with Crippen LogP contribution >= 0.6 is 0 Å². The number of carbonyl (C=O) groups is 2. The highest BCUT2D eigenvalue weighted by Crippen LogP contribution is 1.98. The molecule has 130 valence electrons. The third-order valence-electron chi connectivity index (χ3n) is 1.39. The van der Waals surface area contributed by atoms with E-state index in [1.807, 2.05) is 0 Å². The van der Waals surface area contributed by atoms with Gasteiger partial charge in [0.05, 0.1) is 20.5 Å². The topological polar surface area (TPSA) is 116 Å². The number of aliphatic hydroxyl groups excluding tert-OH is 1. The summed E-state index contributed by atoms with van der Waals surface area (Å²) in [6.07, 6.45) is -1.20. The minimum atomic E-state index is -3.58. The molecular formula is C12H28O8S. The first-order valence-electron chi connectivity index (χ1n) is 6.18. The molecule has 1 N–H and O–H groups in total. The third kappa shape index (κ3) is 21.3. The zero-order valence-corrected chi connectivity index (χ0v) is 13.4. The third-order valence-corrected chi connectivity index (χ3v) is 2.03. The summed E-state index contributed by atoms with van der Waals surface area (Å²) in [5.41, 5.74) is 0. The second-order valence-electron chi connectivity index (χ2n) is 3.16. The number of carbonyl (C=O) groups excluding carboxylic acids is 2. The molecular weight excluding hydrogens is 304 g/mol. The number of aliphatic hydroxyl groups is 1. The van der Waals surface area contributed by atoms with Crippen LogP contribution in [0.3, 0.4) is 0 Å². The molecule has 0 radical (unpaired) electrons. The highest BCUT2D eigenvalue weighted by atomic mass is 32.2. The normalized spacial score (nSPS) is 12.6. The lowest BCUT2D eigenvalue weighted by atomic mass is 10.4. The van der Waals surface area contributed by atoms with E-state index in [0.717, 1.165) is 13.4 Å². The predicted octanol–water partition coefficient (Wildman–Crippen LogP) is 0.727. The van der Waals surface area contributed by atoms with Crippen molar-refractivity contribution in [2.45, 2.75) is 47.3 Å². The van der Waals surface area contributed by atoms with Crippen molar-refractivity contribution in [3.8, 4) is 0 Å². The lowest BCUT2D eigenvalue weighted by Gasteiger charge is -2.07. The average molecular weight is 333 g/mol. The van der Waals surface area contributed by atoms with Crippen molar-refractivity contribution in [3.05, 3.63) is 0 Å². The second kappa shape index (κ2) is 15.2. The van der Waals surface area contributed by atoms with Crippen LogP contribution in [0.1, 0.15) is 36.5 Å². The van der Waals surface area contributed by atoms with Gasteiger partial charge in [0.2, 0.25) is 0 Å². The minimum absolute atomic E-state index is 0. The summed E-state index contributed by atoms with van der Waals surface area (Å²) in [7, 11) is -1.19. The highest BCUT2D eigenvalue weighted by molar-refractivity contribution is 7.86. The monoisotopic (exact) mass is 333 g/mol. The molecule has 0 aromatic rings. The molecule has 2 atom stereocenters. The molecule has 9 heteroatoms. The van der Waals surface area contributed by atoms with Crippen LogP contribution in [-0.4, -0.2) is 58.1 Å². The van der Waals surface area contributed by atoms with E-state index >= 15 is 0 Å². The Morgan fingerprint density at radius 1 is 1.14 bits per heavy atom. The van der Waals surface area contributed by atoms with Crippen LogP contribution in [0.15, 0.2) is 0 Å². The van der Waals surface area contributed by atoms with Crippen LogP contribution < -0.4 is 0 Å². The fourth-order valence-electron chi connectivity index (χ4n) is 0.638. The lowest BCUT2D eigenvalue weighted by Crippen LogP contribution is -2.24. The van der Waals surface area contributed by atoms with Crippen LogP contribution in [0.4, 0.5) is 0 Å². The van der Waals surface area contributed by atoms with Crippen molar-refractivity contribution in [2.75, 3.05) is 20.5 Å². The molecule has 0 fully saturated rings. The van der Waals surface area contributed by atoms with Gasteiger partial charge < -0.3 is 14.6 Å². The van der Waals surface area contributed by atoms with E-state index in [1.165, 1.54) is 21.0 Å². The van der Waals surface area contributed by atoms with E-state index in [0.29, 0.717) is 6.90 Å². The van der Waals surface area contributed by atoms with E-state index in [1.54, 1.807) is 6.92 Å². The highest BCUT2D eigenvalue weighted by Gasteiger charge is 2.18.